The third-order valence-corrected chi connectivity index (χ3v) is 4.67. The van der Waals surface area contributed by atoms with Gasteiger partial charge >= 0.3 is 0 Å². The average Bonchev–Trinajstić information content (AvgIpc) is 3.15. The Labute approximate surface area is 156 Å². The molecule has 7 heteroatoms. The number of hydrogen-bond acceptors (Lipinski definition) is 4. The lowest BCUT2D eigenvalue weighted by atomic mass is 10.1. The minimum atomic E-state index is -0.230. The van der Waals surface area contributed by atoms with Gasteiger partial charge in [-0.3, -0.25) is 14.2 Å². The summed E-state index contributed by atoms with van der Waals surface area (Å²) in [6.07, 6.45) is 1.57. The average molecular weight is 360 g/mol. The van der Waals surface area contributed by atoms with Crippen LogP contribution in [-0.4, -0.2) is 30.5 Å². The molecule has 1 N–H and O–H groups in total. The summed E-state index contributed by atoms with van der Waals surface area (Å²) >= 11 is 0. The molecule has 0 fully saturated rings. The number of rotatable bonds is 3. The molecule has 27 heavy (non-hydrogen) atoms. The molecule has 3 aromatic heterocycles. The van der Waals surface area contributed by atoms with Gasteiger partial charge in [0, 0.05) is 37.3 Å². The van der Waals surface area contributed by atoms with Crippen molar-refractivity contribution in [1.29, 1.82) is 0 Å². The first-order valence-corrected chi connectivity index (χ1v) is 8.65. The number of benzene rings is 1. The van der Waals surface area contributed by atoms with Crippen LogP contribution in [0.3, 0.4) is 0 Å². The van der Waals surface area contributed by atoms with Crippen molar-refractivity contribution in [1.82, 2.24) is 24.5 Å². The summed E-state index contributed by atoms with van der Waals surface area (Å²) in [5, 5.41) is 12.7. The summed E-state index contributed by atoms with van der Waals surface area (Å²) in [7, 11) is 3.65. The normalized spacial score (nSPS) is 11.1. The summed E-state index contributed by atoms with van der Waals surface area (Å²) in [4.78, 5) is 17.1. The van der Waals surface area contributed by atoms with E-state index in [2.05, 4.69) is 20.5 Å². The van der Waals surface area contributed by atoms with Gasteiger partial charge in [0.15, 0.2) is 5.65 Å². The molecule has 136 valence electrons. The maximum absolute atomic E-state index is 12.7. The van der Waals surface area contributed by atoms with E-state index in [9.17, 15) is 4.79 Å². The van der Waals surface area contributed by atoms with Gasteiger partial charge < -0.3 is 5.32 Å². The van der Waals surface area contributed by atoms with E-state index < -0.39 is 0 Å². The number of fused-ring (bicyclic) bond motifs is 1. The van der Waals surface area contributed by atoms with Crippen LogP contribution >= 0.6 is 0 Å². The quantitative estimate of drug-likeness (QED) is 0.608. The number of aryl methyl sites for hydroxylation is 4. The molecule has 1 aromatic carbocycles. The van der Waals surface area contributed by atoms with Crippen molar-refractivity contribution in [2.24, 2.45) is 14.1 Å². The number of anilines is 1. The lowest BCUT2D eigenvalue weighted by molar-refractivity contribution is 0.102. The SMILES string of the molecule is Cc1ccccc1-c1cc(NC(=O)c2cnc3c(c2)c(C)nn3C)n(C)n1. The largest absolute Gasteiger partial charge is 0.307 e. The number of nitrogens with one attached hydrogen (secondary N) is 1. The molecule has 0 radical (unpaired) electrons. The number of hydrogen-bond donors (Lipinski definition) is 1. The highest BCUT2D eigenvalue weighted by Gasteiger charge is 2.15. The van der Waals surface area contributed by atoms with E-state index in [1.165, 1.54) is 0 Å². The van der Waals surface area contributed by atoms with Crippen molar-refractivity contribution in [2.75, 3.05) is 5.32 Å². The molecular weight excluding hydrogens is 340 g/mol. The third kappa shape index (κ3) is 2.97. The van der Waals surface area contributed by atoms with Crippen molar-refractivity contribution >= 4 is 22.8 Å². The molecule has 4 aromatic rings. The summed E-state index contributed by atoms with van der Waals surface area (Å²) in [6, 6.07) is 11.7. The Morgan fingerprint density at radius 2 is 1.81 bits per heavy atom. The lowest BCUT2D eigenvalue weighted by Crippen LogP contribution is -2.14. The zero-order chi connectivity index (χ0) is 19.1. The summed E-state index contributed by atoms with van der Waals surface area (Å²) in [5.74, 6) is 0.397. The second kappa shape index (κ2) is 6.35. The van der Waals surface area contributed by atoms with Gasteiger partial charge in [0.2, 0.25) is 0 Å². The number of nitrogens with zero attached hydrogens (tertiary/aromatic N) is 5. The maximum Gasteiger partial charge on any atom is 0.258 e. The Kier molecular flexibility index (Phi) is 3.99. The molecule has 3 heterocycles. The van der Waals surface area contributed by atoms with Gasteiger partial charge in [0.1, 0.15) is 5.82 Å². The van der Waals surface area contributed by atoms with E-state index in [-0.39, 0.29) is 5.91 Å². The van der Waals surface area contributed by atoms with E-state index in [4.69, 9.17) is 0 Å². The summed E-state index contributed by atoms with van der Waals surface area (Å²) in [6.45, 7) is 3.95. The second-order valence-corrected chi connectivity index (χ2v) is 6.61. The first kappa shape index (κ1) is 17.0. The van der Waals surface area contributed by atoms with Gasteiger partial charge in [-0.05, 0) is 25.5 Å². The van der Waals surface area contributed by atoms with Crippen LogP contribution in [0.2, 0.25) is 0 Å². The van der Waals surface area contributed by atoms with Crippen LogP contribution < -0.4 is 5.32 Å². The molecule has 0 aliphatic rings. The summed E-state index contributed by atoms with van der Waals surface area (Å²) < 4.78 is 3.38. The predicted molar refractivity (Wildman–Crippen MR) is 105 cm³/mol. The van der Waals surface area contributed by atoms with E-state index in [1.807, 2.05) is 64.3 Å². The lowest BCUT2D eigenvalue weighted by Gasteiger charge is -2.05. The number of carbonyl (C=O) groups excluding carboxylic acids is 1. The van der Waals surface area contributed by atoms with Crippen LogP contribution in [0.4, 0.5) is 5.82 Å². The Morgan fingerprint density at radius 1 is 1.04 bits per heavy atom. The molecule has 0 aliphatic heterocycles. The fraction of sp³-hybridized carbons (Fsp3) is 0.200. The van der Waals surface area contributed by atoms with E-state index in [0.29, 0.717) is 11.4 Å². The van der Waals surface area contributed by atoms with E-state index in [0.717, 1.165) is 33.5 Å². The fourth-order valence-electron chi connectivity index (χ4n) is 3.20. The van der Waals surface area contributed by atoms with Crippen LogP contribution in [0.25, 0.3) is 22.3 Å². The number of pyridine rings is 1. The predicted octanol–water partition coefficient (Wildman–Crippen LogP) is 3.24. The van der Waals surface area contributed by atoms with Crippen LogP contribution in [0.15, 0.2) is 42.6 Å². The van der Waals surface area contributed by atoms with Gasteiger partial charge in [-0.2, -0.15) is 10.2 Å². The molecule has 7 nitrogen and oxygen atoms in total. The van der Waals surface area contributed by atoms with Crippen molar-refractivity contribution < 1.29 is 4.79 Å². The molecule has 0 spiro atoms. The van der Waals surface area contributed by atoms with Crippen molar-refractivity contribution in [3.05, 3.63) is 59.4 Å². The zero-order valence-corrected chi connectivity index (χ0v) is 15.7. The van der Waals surface area contributed by atoms with Crippen molar-refractivity contribution in [3.63, 3.8) is 0 Å². The van der Waals surface area contributed by atoms with Crippen molar-refractivity contribution in [3.8, 4) is 11.3 Å². The Morgan fingerprint density at radius 3 is 2.59 bits per heavy atom. The highest BCUT2D eigenvalue weighted by Crippen LogP contribution is 2.25. The Bertz CT molecular complexity index is 1170. The number of amides is 1. The minimum absolute atomic E-state index is 0.230. The first-order chi connectivity index (χ1) is 12.9. The minimum Gasteiger partial charge on any atom is -0.307 e. The van der Waals surface area contributed by atoms with Gasteiger partial charge in [-0.15, -0.1) is 0 Å². The smallest absolute Gasteiger partial charge is 0.258 e. The van der Waals surface area contributed by atoms with Gasteiger partial charge in [-0.1, -0.05) is 24.3 Å². The van der Waals surface area contributed by atoms with Gasteiger partial charge in [0.05, 0.1) is 17.0 Å². The monoisotopic (exact) mass is 360 g/mol. The van der Waals surface area contributed by atoms with Crippen LogP contribution in [0.5, 0.6) is 0 Å². The fourth-order valence-corrected chi connectivity index (χ4v) is 3.20. The topological polar surface area (TPSA) is 77.6 Å². The Balaban J connectivity index is 1.64. The molecule has 0 saturated carbocycles. The highest BCUT2D eigenvalue weighted by molar-refractivity contribution is 6.05. The van der Waals surface area contributed by atoms with E-state index >= 15 is 0 Å². The highest BCUT2D eigenvalue weighted by atomic mass is 16.1. The summed E-state index contributed by atoms with van der Waals surface area (Å²) in [5.41, 5.74) is 5.08. The molecule has 1 amide bonds. The van der Waals surface area contributed by atoms with Crippen LogP contribution in [0.1, 0.15) is 21.6 Å². The molecule has 0 unspecified atom stereocenters. The maximum atomic E-state index is 12.7. The molecule has 0 bridgehead atoms. The molecule has 0 saturated heterocycles. The molecule has 0 aliphatic carbocycles. The third-order valence-electron chi connectivity index (χ3n) is 4.67. The number of aromatic nitrogens is 5. The molecular formula is C20H20N6O. The number of carbonyl (C=O) groups is 1. The van der Waals surface area contributed by atoms with E-state index in [1.54, 1.807) is 15.6 Å². The van der Waals surface area contributed by atoms with Crippen LogP contribution in [-0.2, 0) is 14.1 Å². The zero-order valence-electron chi connectivity index (χ0n) is 15.7. The standard InChI is InChI=1S/C20H20N6O/c1-12-7-5-6-8-15(12)17-10-18(25(3)24-17)22-20(27)14-9-16-13(2)23-26(4)19(16)21-11-14/h5-11H,1-4H3,(H,22,27). The molecule has 0 atom stereocenters. The Hall–Kier alpha value is -3.48. The second-order valence-electron chi connectivity index (χ2n) is 6.61. The van der Waals surface area contributed by atoms with Crippen molar-refractivity contribution in [2.45, 2.75) is 13.8 Å². The van der Waals surface area contributed by atoms with Gasteiger partial charge in [-0.25, -0.2) is 4.98 Å². The first-order valence-electron chi connectivity index (χ1n) is 8.65. The molecule has 4 rings (SSSR count). The van der Waals surface area contributed by atoms with Crippen LogP contribution in [0, 0.1) is 13.8 Å². The van der Waals surface area contributed by atoms with Gasteiger partial charge in [0.25, 0.3) is 5.91 Å².